The number of hydrogen-bond donors (Lipinski definition) is 0. The Balaban J connectivity index is 2.73. The van der Waals surface area contributed by atoms with Crippen molar-refractivity contribution in [3.8, 4) is 0 Å². The van der Waals surface area contributed by atoms with E-state index in [0.29, 0.717) is 0 Å². The summed E-state index contributed by atoms with van der Waals surface area (Å²) in [6, 6.07) is 0. The molecule has 1 nitrogen and oxygen atoms in total. The molecule has 57 valence electrons. The molecular formula is C5H3ClF3O. The number of halogens is 4. The molecule has 0 bridgehead atoms. The minimum absolute atomic E-state index is 0.837. The van der Waals surface area contributed by atoms with Crippen LogP contribution in [0.3, 0.4) is 0 Å². The molecule has 0 amide bonds. The van der Waals surface area contributed by atoms with Crippen LogP contribution in [0, 0.1) is 5.92 Å². The van der Waals surface area contributed by atoms with E-state index in [1.807, 2.05) is 0 Å². The standard InChI is InChI=1S/C5H3ClF3O/c6-5(9)3(2-10)1-4(5,7)8/h3H,1H2. The molecule has 10 heavy (non-hydrogen) atoms. The Kier molecular flexibility index (Phi) is 1.47. The molecule has 1 aliphatic carbocycles. The normalized spacial score (nSPS) is 44.2. The fourth-order valence-electron chi connectivity index (χ4n) is 0.760. The van der Waals surface area contributed by atoms with Gasteiger partial charge in [0, 0.05) is 6.42 Å². The Morgan fingerprint density at radius 1 is 1.50 bits per heavy atom. The summed E-state index contributed by atoms with van der Waals surface area (Å²) in [5.74, 6) is -5.06. The highest BCUT2D eigenvalue weighted by Gasteiger charge is 2.69. The Bertz CT molecular complexity index is 168. The molecule has 0 aromatic carbocycles. The Hall–Kier alpha value is -0.250. The summed E-state index contributed by atoms with van der Waals surface area (Å²) in [5.41, 5.74) is 0. The lowest BCUT2D eigenvalue weighted by molar-refractivity contribution is -0.187. The van der Waals surface area contributed by atoms with E-state index in [-0.39, 0.29) is 0 Å². The van der Waals surface area contributed by atoms with Gasteiger partial charge < -0.3 is 0 Å². The molecule has 5 heteroatoms. The quantitative estimate of drug-likeness (QED) is 0.549. The SMILES string of the molecule is O=[C]C1CC(F)(F)C1(F)Cl. The second kappa shape index (κ2) is 1.87. The first-order valence-corrected chi connectivity index (χ1v) is 2.93. The van der Waals surface area contributed by atoms with Crippen LogP contribution in [0.5, 0.6) is 0 Å². The van der Waals surface area contributed by atoms with Crippen molar-refractivity contribution in [1.29, 1.82) is 0 Å². The summed E-state index contributed by atoms with van der Waals surface area (Å²) in [7, 11) is 0. The van der Waals surface area contributed by atoms with E-state index in [2.05, 4.69) is 11.6 Å². The van der Waals surface area contributed by atoms with Crippen molar-refractivity contribution in [2.75, 3.05) is 0 Å². The van der Waals surface area contributed by atoms with Crippen LogP contribution in [0.25, 0.3) is 0 Å². The van der Waals surface area contributed by atoms with Gasteiger partial charge in [0.1, 0.15) is 0 Å². The second-order valence-electron chi connectivity index (χ2n) is 2.20. The molecule has 2 unspecified atom stereocenters. The highest BCUT2D eigenvalue weighted by atomic mass is 35.5. The predicted molar refractivity (Wildman–Crippen MR) is 28.4 cm³/mol. The van der Waals surface area contributed by atoms with Gasteiger partial charge in [-0.05, 0) is 0 Å². The first kappa shape index (κ1) is 7.85. The van der Waals surface area contributed by atoms with Gasteiger partial charge in [0.15, 0.2) is 0 Å². The van der Waals surface area contributed by atoms with E-state index in [1.165, 1.54) is 0 Å². The third kappa shape index (κ3) is 0.746. The second-order valence-corrected chi connectivity index (χ2v) is 2.75. The molecule has 2 atom stereocenters. The lowest BCUT2D eigenvalue weighted by Gasteiger charge is -2.41. The summed E-state index contributed by atoms with van der Waals surface area (Å²) in [4.78, 5) is 9.71. The minimum atomic E-state index is -3.57. The molecule has 0 aromatic rings. The van der Waals surface area contributed by atoms with E-state index in [1.54, 1.807) is 0 Å². The van der Waals surface area contributed by atoms with Crippen molar-refractivity contribution in [1.82, 2.24) is 0 Å². The predicted octanol–water partition coefficient (Wildman–Crippen LogP) is 1.66. The maximum Gasteiger partial charge on any atom is 0.296 e. The molecule has 0 saturated heterocycles. The Labute approximate surface area is 60.2 Å². The van der Waals surface area contributed by atoms with Gasteiger partial charge in [0.05, 0.1) is 5.92 Å². The van der Waals surface area contributed by atoms with E-state index in [4.69, 9.17) is 0 Å². The largest absolute Gasteiger partial charge is 0.296 e. The monoisotopic (exact) mass is 171 g/mol. The highest BCUT2D eigenvalue weighted by Crippen LogP contribution is 2.55. The van der Waals surface area contributed by atoms with Crippen LogP contribution < -0.4 is 0 Å². The van der Waals surface area contributed by atoms with Gasteiger partial charge in [-0.25, -0.2) is 13.2 Å². The van der Waals surface area contributed by atoms with Gasteiger partial charge in [-0.15, -0.1) is 0 Å². The summed E-state index contributed by atoms with van der Waals surface area (Å²) >= 11 is 4.68. The van der Waals surface area contributed by atoms with Crippen LogP contribution >= 0.6 is 11.6 Å². The fourth-order valence-corrected chi connectivity index (χ4v) is 0.959. The van der Waals surface area contributed by atoms with Crippen LogP contribution in [-0.2, 0) is 4.79 Å². The third-order valence-corrected chi connectivity index (χ3v) is 2.07. The molecule has 0 heterocycles. The number of hydrogen-bond acceptors (Lipinski definition) is 1. The molecule has 1 aliphatic rings. The van der Waals surface area contributed by atoms with Crippen molar-refractivity contribution in [3.05, 3.63) is 0 Å². The fraction of sp³-hybridized carbons (Fsp3) is 0.800. The topological polar surface area (TPSA) is 17.1 Å². The van der Waals surface area contributed by atoms with Crippen LogP contribution in [0.1, 0.15) is 6.42 Å². The molecule has 0 spiro atoms. The minimum Gasteiger partial charge on any atom is -0.290 e. The molecule has 0 aliphatic heterocycles. The van der Waals surface area contributed by atoms with Gasteiger partial charge in [-0.1, -0.05) is 11.6 Å². The van der Waals surface area contributed by atoms with Crippen LogP contribution in [0.4, 0.5) is 13.2 Å². The zero-order valence-corrected chi connectivity index (χ0v) is 5.46. The molecule has 1 saturated carbocycles. The average Bonchev–Trinajstić information content (AvgIpc) is 1.83. The zero-order valence-electron chi connectivity index (χ0n) is 4.70. The molecule has 1 radical (unpaired) electrons. The molecule has 0 N–H and O–H groups in total. The van der Waals surface area contributed by atoms with Crippen molar-refractivity contribution in [2.24, 2.45) is 5.92 Å². The van der Waals surface area contributed by atoms with E-state index >= 15 is 0 Å². The number of alkyl halides is 4. The maximum absolute atomic E-state index is 12.4. The lowest BCUT2D eigenvalue weighted by atomic mass is 9.79. The summed E-state index contributed by atoms with van der Waals surface area (Å²) in [5, 5.41) is -3.20. The number of carbonyl (C=O) groups excluding carboxylic acids is 1. The average molecular weight is 172 g/mol. The summed E-state index contributed by atoms with van der Waals surface area (Å²) in [6.07, 6.45) is 0.274. The van der Waals surface area contributed by atoms with Crippen LogP contribution in [0.15, 0.2) is 0 Å². The first-order chi connectivity index (χ1) is 4.42. The third-order valence-electron chi connectivity index (χ3n) is 1.53. The van der Waals surface area contributed by atoms with E-state index < -0.39 is 23.4 Å². The smallest absolute Gasteiger partial charge is 0.290 e. The molecular weight excluding hydrogens is 169 g/mol. The van der Waals surface area contributed by atoms with E-state index in [0.717, 1.165) is 6.29 Å². The van der Waals surface area contributed by atoms with Gasteiger partial charge in [-0.3, -0.25) is 4.79 Å². The number of rotatable bonds is 1. The van der Waals surface area contributed by atoms with Crippen molar-refractivity contribution in [2.45, 2.75) is 17.5 Å². The highest BCUT2D eigenvalue weighted by molar-refractivity contribution is 6.25. The zero-order chi connectivity index (χ0) is 7.99. The van der Waals surface area contributed by atoms with Gasteiger partial charge >= 0.3 is 0 Å². The summed E-state index contributed by atoms with van der Waals surface area (Å²) < 4.78 is 36.5. The molecule has 1 rings (SSSR count). The van der Waals surface area contributed by atoms with Crippen molar-refractivity contribution >= 4 is 17.9 Å². The van der Waals surface area contributed by atoms with Gasteiger partial charge in [0.2, 0.25) is 6.29 Å². The summed E-state index contributed by atoms with van der Waals surface area (Å²) in [6.45, 7) is 0. The maximum atomic E-state index is 12.4. The van der Waals surface area contributed by atoms with Crippen LogP contribution in [0.2, 0.25) is 0 Å². The van der Waals surface area contributed by atoms with Crippen molar-refractivity contribution < 1.29 is 18.0 Å². The van der Waals surface area contributed by atoms with Gasteiger partial charge in [-0.2, -0.15) is 0 Å². The first-order valence-electron chi connectivity index (χ1n) is 2.55. The van der Waals surface area contributed by atoms with Crippen molar-refractivity contribution in [3.63, 3.8) is 0 Å². The molecule has 0 aromatic heterocycles. The van der Waals surface area contributed by atoms with Gasteiger partial charge in [0.25, 0.3) is 11.1 Å². The van der Waals surface area contributed by atoms with Crippen LogP contribution in [-0.4, -0.2) is 17.3 Å². The Morgan fingerprint density at radius 3 is 2.10 bits per heavy atom. The molecule has 1 fully saturated rings. The Morgan fingerprint density at radius 2 is 2.00 bits per heavy atom. The van der Waals surface area contributed by atoms with E-state index in [9.17, 15) is 18.0 Å². The lowest BCUT2D eigenvalue weighted by Crippen LogP contribution is -2.58.